The molecular formula is C25H36N4O. The number of rotatable bonds is 9. The highest BCUT2D eigenvalue weighted by atomic mass is 16.2. The third-order valence-corrected chi connectivity index (χ3v) is 5.82. The van der Waals surface area contributed by atoms with Crippen molar-refractivity contribution in [2.75, 3.05) is 51.1 Å². The van der Waals surface area contributed by atoms with E-state index in [2.05, 4.69) is 58.9 Å². The van der Waals surface area contributed by atoms with Crippen LogP contribution in [0.1, 0.15) is 54.7 Å². The van der Waals surface area contributed by atoms with Crippen molar-refractivity contribution < 1.29 is 4.79 Å². The highest BCUT2D eigenvalue weighted by Crippen LogP contribution is 2.31. The van der Waals surface area contributed by atoms with E-state index in [0.717, 1.165) is 57.8 Å². The summed E-state index contributed by atoms with van der Waals surface area (Å²) in [7, 11) is 0. The van der Waals surface area contributed by atoms with E-state index in [1.54, 1.807) is 0 Å². The minimum Gasteiger partial charge on any atom is -0.385 e. The highest BCUT2D eigenvalue weighted by Gasteiger charge is 2.24. The van der Waals surface area contributed by atoms with Crippen LogP contribution in [0.5, 0.6) is 0 Å². The molecule has 1 saturated heterocycles. The van der Waals surface area contributed by atoms with Crippen molar-refractivity contribution in [2.24, 2.45) is 0 Å². The van der Waals surface area contributed by atoms with E-state index in [1.165, 1.54) is 16.8 Å². The molecule has 30 heavy (non-hydrogen) atoms. The number of nitrogens with one attached hydrogen (secondary N) is 2. The molecule has 5 nitrogen and oxygen atoms in total. The Morgan fingerprint density at radius 1 is 1.03 bits per heavy atom. The van der Waals surface area contributed by atoms with Gasteiger partial charge < -0.3 is 15.5 Å². The smallest absolute Gasteiger partial charge is 0.253 e. The van der Waals surface area contributed by atoms with Gasteiger partial charge in [-0.3, -0.25) is 9.69 Å². The first-order chi connectivity index (χ1) is 14.7. The van der Waals surface area contributed by atoms with E-state index < -0.39 is 0 Å². The minimum absolute atomic E-state index is 0.107. The summed E-state index contributed by atoms with van der Waals surface area (Å²) in [6.07, 6.45) is 1.10. The number of hydrogen-bond acceptors (Lipinski definition) is 4. The lowest BCUT2D eigenvalue weighted by Gasteiger charge is -2.36. The molecule has 5 heteroatoms. The average molecular weight is 409 g/mol. The Morgan fingerprint density at radius 2 is 1.73 bits per heavy atom. The van der Waals surface area contributed by atoms with Crippen molar-refractivity contribution in [3.05, 3.63) is 65.2 Å². The summed E-state index contributed by atoms with van der Waals surface area (Å²) in [6.45, 7) is 12.7. The zero-order valence-electron chi connectivity index (χ0n) is 18.7. The quantitative estimate of drug-likeness (QED) is 0.659. The molecule has 1 aliphatic rings. The number of benzene rings is 2. The van der Waals surface area contributed by atoms with Gasteiger partial charge in [-0.2, -0.15) is 0 Å². The van der Waals surface area contributed by atoms with Crippen LogP contribution in [0, 0.1) is 0 Å². The van der Waals surface area contributed by atoms with Gasteiger partial charge in [-0.1, -0.05) is 31.2 Å². The van der Waals surface area contributed by atoms with Crippen molar-refractivity contribution in [2.45, 2.75) is 33.2 Å². The van der Waals surface area contributed by atoms with Crippen LogP contribution in [0.25, 0.3) is 0 Å². The fourth-order valence-corrected chi connectivity index (χ4v) is 4.14. The van der Waals surface area contributed by atoms with Crippen molar-refractivity contribution in [1.82, 2.24) is 15.1 Å². The van der Waals surface area contributed by atoms with Gasteiger partial charge >= 0.3 is 0 Å². The molecule has 0 spiro atoms. The molecule has 0 bridgehead atoms. The van der Waals surface area contributed by atoms with Gasteiger partial charge in [0, 0.05) is 57.1 Å². The molecule has 162 valence electrons. The number of amides is 1. The maximum atomic E-state index is 12.7. The molecule has 1 aliphatic heterocycles. The number of anilines is 1. The predicted octanol–water partition coefficient (Wildman–Crippen LogP) is 3.99. The molecule has 2 aromatic rings. The lowest BCUT2D eigenvalue weighted by Crippen LogP contribution is -2.45. The number of piperazine rings is 1. The molecule has 1 amide bonds. The molecular weight excluding hydrogens is 372 g/mol. The van der Waals surface area contributed by atoms with E-state index in [4.69, 9.17) is 0 Å². The third-order valence-electron chi connectivity index (χ3n) is 5.82. The van der Waals surface area contributed by atoms with Gasteiger partial charge in [0.1, 0.15) is 0 Å². The predicted molar refractivity (Wildman–Crippen MR) is 125 cm³/mol. The van der Waals surface area contributed by atoms with Crippen LogP contribution in [-0.2, 0) is 0 Å². The summed E-state index contributed by atoms with van der Waals surface area (Å²) >= 11 is 0. The van der Waals surface area contributed by atoms with Gasteiger partial charge in [0.15, 0.2) is 0 Å². The molecule has 2 N–H and O–H groups in total. The molecule has 1 atom stereocenters. The van der Waals surface area contributed by atoms with E-state index in [1.807, 2.05) is 30.9 Å². The highest BCUT2D eigenvalue weighted by molar-refractivity contribution is 5.94. The first-order valence-corrected chi connectivity index (χ1v) is 11.4. The molecule has 0 saturated carbocycles. The van der Waals surface area contributed by atoms with Crippen LogP contribution in [0.3, 0.4) is 0 Å². The number of carbonyl (C=O) groups excluding carboxylic acids is 1. The van der Waals surface area contributed by atoms with E-state index in [0.29, 0.717) is 0 Å². The fraction of sp³-hybridized carbons (Fsp3) is 0.480. The summed E-state index contributed by atoms with van der Waals surface area (Å²) in [6, 6.07) is 17.2. The van der Waals surface area contributed by atoms with Gasteiger partial charge in [-0.15, -0.1) is 0 Å². The molecule has 1 unspecified atom stereocenters. The Hall–Kier alpha value is -2.37. The Bertz CT molecular complexity index is 795. The van der Waals surface area contributed by atoms with Gasteiger partial charge in [0.2, 0.25) is 0 Å². The maximum absolute atomic E-state index is 12.7. The molecule has 1 heterocycles. The topological polar surface area (TPSA) is 47.6 Å². The summed E-state index contributed by atoms with van der Waals surface area (Å²) in [5.41, 5.74) is 4.46. The van der Waals surface area contributed by atoms with Gasteiger partial charge in [0.25, 0.3) is 5.91 Å². The Morgan fingerprint density at radius 3 is 2.37 bits per heavy atom. The largest absolute Gasteiger partial charge is 0.385 e. The van der Waals surface area contributed by atoms with Crippen molar-refractivity contribution in [3.8, 4) is 0 Å². The normalized spacial score (nSPS) is 15.6. The molecule has 3 rings (SSSR count). The summed E-state index contributed by atoms with van der Waals surface area (Å²) in [5, 5.41) is 6.97. The first-order valence-electron chi connectivity index (χ1n) is 11.4. The standard InChI is InChI=1S/C25H36N4O/c1-4-14-27-23-9-7-8-22(19-23)24(29-17-15-26-16-18-29)20-10-12-21(13-11-20)25(30)28(5-2)6-3/h7-13,19,24,26-27H,4-6,14-18H2,1-3H3. The maximum Gasteiger partial charge on any atom is 0.253 e. The fourth-order valence-electron chi connectivity index (χ4n) is 4.14. The van der Waals surface area contributed by atoms with Crippen molar-refractivity contribution in [3.63, 3.8) is 0 Å². The number of carbonyl (C=O) groups is 1. The minimum atomic E-state index is 0.107. The van der Waals surface area contributed by atoms with Crippen LogP contribution in [0.4, 0.5) is 5.69 Å². The lowest BCUT2D eigenvalue weighted by atomic mass is 9.95. The number of nitrogens with zero attached hydrogens (tertiary/aromatic N) is 2. The molecule has 0 aromatic heterocycles. The SMILES string of the molecule is CCCNc1cccc(C(c2ccc(C(=O)N(CC)CC)cc2)N2CCNCC2)c1. The van der Waals surface area contributed by atoms with E-state index in [-0.39, 0.29) is 11.9 Å². The first kappa shape index (κ1) is 22.3. The monoisotopic (exact) mass is 408 g/mol. The molecule has 0 radical (unpaired) electrons. The van der Waals surface area contributed by atoms with Crippen LogP contribution in [0.15, 0.2) is 48.5 Å². The van der Waals surface area contributed by atoms with Crippen LogP contribution < -0.4 is 10.6 Å². The summed E-state index contributed by atoms with van der Waals surface area (Å²) in [5.74, 6) is 0.107. The van der Waals surface area contributed by atoms with Crippen LogP contribution >= 0.6 is 0 Å². The second-order valence-corrected chi connectivity index (χ2v) is 7.84. The third kappa shape index (κ3) is 5.41. The zero-order valence-corrected chi connectivity index (χ0v) is 18.7. The van der Waals surface area contributed by atoms with E-state index >= 15 is 0 Å². The Labute approximate surface area is 181 Å². The van der Waals surface area contributed by atoms with Crippen molar-refractivity contribution >= 4 is 11.6 Å². The molecule has 2 aromatic carbocycles. The van der Waals surface area contributed by atoms with Gasteiger partial charge in [-0.25, -0.2) is 0 Å². The van der Waals surface area contributed by atoms with Crippen LogP contribution in [-0.4, -0.2) is 61.5 Å². The number of hydrogen-bond donors (Lipinski definition) is 2. The van der Waals surface area contributed by atoms with Crippen molar-refractivity contribution in [1.29, 1.82) is 0 Å². The summed E-state index contributed by atoms with van der Waals surface area (Å²) < 4.78 is 0. The van der Waals surface area contributed by atoms with Crippen LogP contribution in [0.2, 0.25) is 0 Å². The Kier molecular flexibility index (Phi) is 8.29. The van der Waals surface area contributed by atoms with Gasteiger partial charge in [0.05, 0.1) is 6.04 Å². The Balaban J connectivity index is 1.90. The zero-order chi connectivity index (χ0) is 21.3. The second-order valence-electron chi connectivity index (χ2n) is 7.84. The molecule has 0 aliphatic carbocycles. The second kappa shape index (κ2) is 11.1. The summed E-state index contributed by atoms with van der Waals surface area (Å²) in [4.78, 5) is 17.1. The lowest BCUT2D eigenvalue weighted by molar-refractivity contribution is 0.0773. The molecule has 1 fully saturated rings. The van der Waals surface area contributed by atoms with Gasteiger partial charge in [-0.05, 0) is 55.7 Å². The van der Waals surface area contributed by atoms with E-state index in [9.17, 15) is 4.79 Å². The average Bonchev–Trinajstić information content (AvgIpc) is 2.80.